The number of morpholine rings is 1. The van der Waals surface area contributed by atoms with Gasteiger partial charge in [0, 0.05) is 45.5 Å². The van der Waals surface area contributed by atoms with Gasteiger partial charge in [0.1, 0.15) is 0 Å². The van der Waals surface area contributed by atoms with E-state index in [-0.39, 0.29) is 12.1 Å². The lowest BCUT2D eigenvalue weighted by Gasteiger charge is -2.35. The molecule has 4 heterocycles. The molecule has 0 spiro atoms. The van der Waals surface area contributed by atoms with Gasteiger partial charge in [0.2, 0.25) is 0 Å². The average Bonchev–Trinajstić information content (AvgIpc) is 3.33. The van der Waals surface area contributed by atoms with E-state index >= 15 is 0 Å². The highest BCUT2D eigenvalue weighted by molar-refractivity contribution is 5.74. The van der Waals surface area contributed by atoms with Crippen molar-refractivity contribution in [1.82, 2.24) is 24.9 Å². The second kappa shape index (κ2) is 7.33. The standard InChI is InChI=1S/C18H29N5O2/c1-21-10-15(8-20-21)7-14-4-6-23(11-14)18(24)19-9-17-12-22-5-2-3-16(22)13-25-17/h8,10,14,16-17H,2-7,9,11-13H2,1H3,(H,19,24)/t14-,16+,17-/m0/s1. The molecular formula is C18H29N5O2. The second-order valence-electron chi connectivity index (χ2n) is 7.76. The van der Waals surface area contributed by atoms with Crippen LogP contribution in [0.3, 0.4) is 0 Å². The summed E-state index contributed by atoms with van der Waals surface area (Å²) in [5.74, 6) is 0.534. The fourth-order valence-electron chi connectivity index (χ4n) is 4.42. The van der Waals surface area contributed by atoms with Crippen LogP contribution in [0.25, 0.3) is 0 Å². The van der Waals surface area contributed by atoms with Gasteiger partial charge in [-0.2, -0.15) is 5.10 Å². The molecule has 2 amide bonds. The van der Waals surface area contributed by atoms with Crippen molar-refractivity contribution in [2.45, 2.75) is 37.8 Å². The maximum Gasteiger partial charge on any atom is 0.317 e. The van der Waals surface area contributed by atoms with Crippen molar-refractivity contribution in [1.29, 1.82) is 0 Å². The van der Waals surface area contributed by atoms with Gasteiger partial charge in [0.05, 0.1) is 18.9 Å². The summed E-state index contributed by atoms with van der Waals surface area (Å²) in [7, 11) is 1.94. The third-order valence-electron chi connectivity index (χ3n) is 5.80. The molecule has 1 aromatic heterocycles. The molecule has 3 atom stereocenters. The number of fused-ring (bicyclic) bond motifs is 1. The number of aromatic nitrogens is 2. The number of amides is 2. The zero-order valence-corrected chi connectivity index (χ0v) is 15.1. The zero-order chi connectivity index (χ0) is 17.2. The Balaban J connectivity index is 1.20. The minimum Gasteiger partial charge on any atom is -0.373 e. The molecule has 0 radical (unpaired) electrons. The van der Waals surface area contributed by atoms with Crippen LogP contribution in [0.15, 0.2) is 12.4 Å². The Morgan fingerprint density at radius 1 is 1.36 bits per heavy atom. The Bertz CT molecular complexity index is 604. The number of aryl methyl sites for hydroxylation is 1. The maximum absolute atomic E-state index is 12.4. The fraction of sp³-hybridized carbons (Fsp3) is 0.778. The van der Waals surface area contributed by atoms with Crippen LogP contribution < -0.4 is 5.32 Å². The molecule has 25 heavy (non-hydrogen) atoms. The van der Waals surface area contributed by atoms with Crippen molar-refractivity contribution >= 4 is 6.03 Å². The van der Waals surface area contributed by atoms with Crippen molar-refractivity contribution in [3.8, 4) is 0 Å². The maximum atomic E-state index is 12.4. The van der Waals surface area contributed by atoms with Gasteiger partial charge in [0.15, 0.2) is 0 Å². The first-order chi connectivity index (χ1) is 12.2. The van der Waals surface area contributed by atoms with Gasteiger partial charge in [-0.15, -0.1) is 0 Å². The Hall–Kier alpha value is -1.60. The van der Waals surface area contributed by atoms with E-state index in [9.17, 15) is 4.79 Å². The van der Waals surface area contributed by atoms with E-state index in [0.717, 1.165) is 39.1 Å². The van der Waals surface area contributed by atoms with Gasteiger partial charge in [-0.25, -0.2) is 4.79 Å². The SMILES string of the molecule is Cn1cc(C[C@@H]2CCN(C(=O)NC[C@H]3CN4CCC[C@@H]4CO3)C2)cn1. The van der Waals surface area contributed by atoms with E-state index in [2.05, 4.69) is 21.5 Å². The van der Waals surface area contributed by atoms with E-state index in [1.54, 1.807) is 0 Å². The summed E-state index contributed by atoms with van der Waals surface area (Å²) in [6, 6.07) is 0.666. The number of carbonyl (C=O) groups excluding carboxylic acids is 1. The first-order valence-corrected chi connectivity index (χ1v) is 9.53. The highest BCUT2D eigenvalue weighted by Gasteiger charge is 2.33. The lowest BCUT2D eigenvalue weighted by molar-refractivity contribution is -0.0460. The molecule has 3 fully saturated rings. The number of nitrogens with one attached hydrogen (secondary N) is 1. The minimum absolute atomic E-state index is 0.0563. The summed E-state index contributed by atoms with van der Waals surface area (Å²) in [6.07, 6.45) is 8.72. The quantitative estimate of drug-likeness (QED) is 0.877. The predicted octanol–water partition coefficient (Wildman–Crippen LogP) is 0.857. The molecule has 0 aromatic carbocycles. The molecule has 0 aliphatic carbocycles. The Kier molecular flexibility index (Phi) is 4.94. The van der Waals surface area contributed by atoms with Crippen LogP contribution in [-0.4, -0.2) is 77.1 Å². The highest BCUT2D eigenvalue weighted by Crippen LogP contribution is 2.23. The first kappa shape index (κ1) is 16.8. The molecule has 3 saturated heterocycles. The van der Waals surface area contributed by atoms with Gasteiger partial charge in [-0.05, 0) is 43.7 Å². The number of hydrogen-bond donors (Lipinski definition) is 1. The molecule has 0 unspecified atom stereocenters. The molecule has 0 bridgehead atoms. The number of nitrogens with zero attached hydrogens (tertiary/aromatic N) is 4. The van der Waals surface area contributed by atoms with Gasteiger partial charge in [-0.1, -0.05) is 0 Å². The van der Waals surface area contributed by atoms with Crippen LogP contribution in [0.2, 0.25) is 0 Å². The molecule has 7 nitrogen and oxygen atoms in total. The molecule has 0 saturated carbocycles. The summed E-state index contributed by atoms with van der Waals surface area (Å²) in [5, 5.41) is 7.30. The molecule has 138 valence electrons. The number of urea groups is 1. The number of rotatable bonds is 4. The van der Waals surface area contributed by atoms with E-state index in [4.69, 9.17) is 4.74 Å². The lowest BCUT2D eigenvalue weighted by atomic mass is 10.0. The molecule has 3 aliphatic heterocycles. The van der Waals surface area contributed by atoms with E-state index in [1.807, 2.05) is 22.8 Å². The molecule has 1 aromatic rings. The van der Waals surface area contributed by atoms with E-state index in [1.165, 1.54) is 24.9 Å². The first-order valence-electron chi connectivity index (χ1n) is 9.53. The Morgan fingerprint density at radius 3 is 3.12 bits per heavy atom. The summed E-state index contributed by atoms with van der Waals surface area (Å²) >= 11 is 0. The van der Waals surface area contributed by atoms with Crippen molar-refractivity contribution in [2.75, 3.05) is 39.3 Å². The molecule has 7 heteroatoms. The van der Waals surface area contributed by atoms with Crippen LogP contribution in [0.4, 0.5) is 4.79 Å². The molecule has 3 aliphatic rings. The van der Waals surface area contributed by atoms with E-state index < -0.39 is 0 Å². The fourth-order valence-corrected chi connectivity index (χ4v) is 4.42. The summed E-state index contributed by atoms with van der Waals surface area (Å²) in [4.78, 5) is 16.9. The van der Waals surface area contributed by atoms with Gasteiger partial charge < -0.3 is 15.0 Å². The third-order valence-corrected chi connectivity index (χ3v) is 5.80. The Morgan fingerprint density at radius 2 is 2.28 bits per heavy atom. The third kappa shape index (κ3) is 3.98. The number of carbonyl (C=O) groups is 1. The largest absolute Gasteiger partial charge is 0.373 e. The van der Waals surface area contributed by atoms with Gasteiger partial charge >= 0.3 is 6.03 Å². The predicted molar refractivity (Wildman–Crippen MR) is 94.3 cm³/mol. The second-order valence-corrected chi connectivity index (χ2v) is 7.76. The average molecular weight is 347 g/mol. The smallest absolute Gasteiger partial charge is 0.317 e. The van der Waals surface area contributed by atoms with E-state index in [0.29, 0.717) is 18.5 Å². The number of likely N-dealkylation sites (tertiary alicyclic amines) is 1. The number of ether oxygens (including phenoxy) is 1. The van der Waals surface area contributed by atoms with Crippen LogP contribution >= 0.6 is 0 Å². The summed E-state index contributed by atoms with van der Waals surface area (Å²) < 4.78 is 7.76. The molecular weight excluding hydrogens is 318 g/mol. The van der Waals surface area contributed by atoms with Crippen molar-refractivity contribution in [2.24, 2.45) is 13.0 Å². The van der Waals surface area contributed by atoms with Crippen molar-refractivity contribution in [3.63, 3.8) is 0 Å². The molecule has 1 N–H and O–H groups in total. The van der Waals surface area contributed by atoms with Crippen molar-refractivity contribution in [3.05, 3.63) is 18.0 Å². The van der Waals surface area contributed by atoms with Crippen LogP contribution in [0, 0.1) is 5.92 Å². The van der Waals surface area contributed by atoms with Crippen molar-refractivity contribution < 1.29 is 9.53 Å². The van der Waals surface area contributed by atoms with Crippen LogP contribution in [0.5, 0.6) is 0 Å². The van der Waals surface area contributed by atoms with Crippen LogP contribution in [0.1, 0.15) is 24.8 Å². The lowest BCUT2D eigenvalue weighted by Crippen LogP contribution is -2.51. The minimum atomic E-state index is 0.0563. The normalized spacial score (nSPS) is 29.8. The van der Waals surface area contributed by atoms with Crippen LogP contribution in [-0.2, 0) is 18.2 Å². The topological polar surface area (TPSA) is 62.6 Å². The summed E-state index contributed by atoms with van der Waals surface area (Å²) in [6.45, 7) is 5.25. The van der Waals surface area contributed by atoms with Gasteiger partial charge in [0.25, 0.3) is 0 Å². The Labute approximate surface area is 149 Å². The number of hydrogen-bond acceptors (Lipinski definition) is 4. The molecule has 4 rings (SSSR count). The summed E-state index contributed by atoms with van der Waals surface area (Å²) in [5.41, 5.74) is 1.26. The monoisotopic (exact) mass is 347 g/mol. The zero-order valence-electron chi connectivity index (χ0n) is 15.1. The highest BCUT2D eigenvalue weighted by atomic mass is 16.5. The van der Waals surface area contributed by atoms with Gasteiger partial charge in [-0.3, -0.25) is 9.58 Å².